The molecule has 0 bridgehead atoms. The van der Waals surface area contributed by atoms with Crippen LogP contribution >= 0.6 is 0 Å². The van der Waals surface area contributed by atoms with Gasteiger partial charge in [-0.05, 0) is 30.0 Å². The lowest BCUT2D eigenvalue weighted by atomic mass is 10.0. The van der Waals surface area contributed by atoms with Crippen molar-refractivity contribution in [1.29, 1.82) is 0 Å². The molecule has 2 unspecified atom stereocenters. The molecule has 0 aliphatic carbocycles. The van der Waals surface area contributed by atoms with E-state index in [0.717, 1.165) is 16.5 Å². The van der Waals surface area contributed by atoms with Crippen LogP contribution < -0.4 is 10.6 Å². The summed E-state index contributed by atoms with van der Waals surface area (Å²) in [6.07, 6.45) is -0.174. The average Bonchev–Trinajstić information content (AvgIpc) is 3.16. The molecule has 3 aromatic rings. The first kappa shape index (κ1) is 23.9. The van der Waals surface area contributed by atoms with Gasteiger partial charge in [-0.15, -0.1) is 0 Å². The van der Waals surface area contributed by atoms with Crippen LogP contribution in [-0.2, 0) is 11.3 Å². The van der Waals surface area contributed by atoms with Crippen LogP contribution in [0.5, 0.6) is 0 Å². The van der Waals surface area contributed by atoms with Gasteiger partial charge in [-0.1, -0.05) is 68.4 Å². The standard InChI is InChI=1S/C27H32N4O3/c1-18(2)14-23(29-26(33)22-13-12-20-10-6-7-11-21(20)28-22)27(34)30-24-16-31(17-25(24)32)15-19-8-4-3-5-9-19/h3-13,18,23-25,32H,14-17H2,1-2H3,(H,29,33)(H,30,34)/t23-,24?,25?/m0/s1. The van der Waals surface area contributed by atoms with Crippen molar-refractivity contribution in [2.24, 2.45) is 5.92 Å². The lowest BCUT2D eigenvalue weighted by molar-refractivity contribution is -0.124. The number of rotatable bonds is 8. The van der Waals surface area contributed by atoms with E-state index in [1.54, 1.807) is 6.07 Å². The lowest BCUT2D eigenvalue weighted by Crippen LogP contribution is -2.53. The second kappa shape index (κ2) is 10.8. The van der Waals surface area contributed by atoms with E-state index in [-0.39, 0.29) is 29.5 Å². The number of likely N-dealkylation sites (tertiary alicyclic amines) is 1. The molecule has 2 amide bonds. The zero-order valence-corrected chi connectivity index (χ0v) is 19.6. The van der Waals surface area contributed by atoms with Crippen molar-refractivity contribution in [3.05, 3.63) is 78.0 Å². The van der Waals surface area contributed by atoms with E-state index in [2.05, 4.69) is 20.5 Å². The second-order valence-corrected chi connectivity index (χ2v) is 9.41. The van der Waals surface area contributed by atoms with Gasteiger partial charge >= 0.3 is 0 Å². The third-order valence-corrected chi connectivity index (χ3v) is 6.10. The predicted molar refractivity (Wildman–Crippen MR) is 132 cm³/mol. The molecule has 3 atom stereocenters. The summed E-state index contributed by atoms with van der Waals surface area (Å²) in [5.41, 5.74) is 2.16. The van der Waals surface area contributed by atoms with Crippen LogP contribution in [0, 0.1) is 5.92 Å². The van der Waals surface area contributed by atoms with Crippen LogP contribution in [0.2, 0.25) is 0 Å². The molecule has 1 aromatic heterocycles. The van der Waals surface area contributed by atoms with E-state index in [1.165, 1.54) is 0 Å². The maximum atomic E-state index is 13.1. The van der Waals surface area contributed by atoms with Gasteiger partial charge in [0.05, 0.1) is 17.7 Å². The number of nitrogens with zero attached hydrogens (tertiary/aromatic N) is 2. The fourth-order valence-corrected chi connectivity index (χ4v) is 4.39. The number of hydrogen-bond acceptors (Lipinski definition) is 5. The second-order valence-electron chi connectivity index (χ2n) is 9.41. The SMILES string of the molecule is CC(C)C[C@H](NC(=O)c1ccc2ccccc2n1)C(=O)NC1CN(Cc2ccccc2)CC1O. The highest BCUT2D eigenvalue weighted by atomic mass is 16.3. The Morgan fingerprint density at radius 1 is 1.03 bits per heavy atom. The molecule has 178 valence electrons. The Balaban J connectivity index is 1.40. The third-order valence-electron chi connectivity index (χ3n) is 6.10. The maximum absolute atomic E-state index is 13.1. The first-order valence-electron chi connectivity index (χ1n) is 11.8. The van der Waals surface area contributed by atoms with Crippen LogP contribution in [0.25, 0.3) is 10.9 Å². The number of carbonyl (C=O) groups is 2. The van der Waals surface area contributed by atoms with Gasteiger partial charge in [-0.25, -0.2) is 4.98 Å². The van der Waals surface area contributed by atoms with Crippen molar-refractivity contribution < 1.29 is 14.7 Å². The van der Waals surface area contributed by atoms with Gasteiger partial charge in [-0.2, -0.15) is 0 Å². The van der Waals surface area contributed by atoms with E-state index in [4.69, 9.17) is 0 Å². The Hall–Kier alpha value is -3.29. The van der Waals surface area contributed by atoms with E-state index in [1.807, 2.05) is 74.5 Å². The zero-order valence-electron chi connectivity index (χ0n) is 19.6. The van der Waals surface area contributed by atoms with Crippen molar-refractivity contribution in [3.8, 4) is 0 Å². The molecule has 1 aliphatic heterocycles. The van der Waals surface area contributed by atoms with E-state index >= 15 is 0 Å². The molecule has 7 nitrogen and oxygen atoms in total. The van der Waals surface area contributed by atoms with E-state index in [9.17, 15) is 14.7 Å². The molecule has 2 heterocycles. The molecular weight excluding hydrogens is 428 g/mol. The smallest absolute Gasteiger partial charge is 0.270 e. The number of carbonyl (C=O) groups excluding carboxylic acids is 2. The molecule has 4 rings (SSSR count). The maximum Gasteiger partial charge on any atom is 0.270 e. The number of β-amino-alcohol motifs (C(OH)–C–C–N with tert-alkyl or cyclic N) is 1. The van der Waals surface area contributed by atoms with Crippen molar-refractivity contribution >= 4 is 22.7 Å². The first-order valence-corrected chi connectivity index (χ1v) is 11.8. The van der Waals surface area contributed by atoms with E-state index < -0.39 is 12.1 Å². The van der Waals surface area contributed by atoms with Gasteiger partial charge in [0.15, 0.2) is 0 Å². The normalized spacial score (nSPS) is 19.3. The molecule has 1 aliphatic rings. The minimum absolute atomic E-state index is 0.198. The molecule has 2 aromatic carbocycles. The summed E-state index contributed by atoms with van der Waals surface area (Å²) in [7, 11) is 0. The molecular formula is C27H32N4O3. The number of nitrogens with one attached hydrogen (secondary N) is 2. The Morgan fingerprint density at radius 3 is 2.53 bits per heavy atom. The van der Waals surface area contributed by atoms with E-state index in [0.29, 0.717) is 26.1 Å². The molecule has 0 spiro atoms. The minimum Gasteiger partial charge on any atom is -0.390 e. The van der Waals surface area contributed by atoms with Gasteiger partial charge in [-0.3, -0.25) is 14.5 Å². The van der Waals surface area contributed by atoms with Crippen molar-refractivity contribution in [3.63, 3.8) is 0 Å². The molecule has 3 N–H and O–H groups in total. The van der Waals surface area contributed by atoms with Crippen LogP contribution in [0.3, 0.4) is 0 Å². The van der Waals surface area contributed by atoms with Crippen LogP contribution in [0.1, 0.15) is 36.3 Å². The quantitative estimate of drug-likeness (QED) is 0.481. The summed E-state index contributed by atoms with van der Waals surface area (Å²) < 4.78 is 0. The zero-order chi connectivity index (χ0) is 24.1. The number of aliphatic hydroxyl groups is 1. The fourth-order valence-electron chi connectivity index (χ4n) is 4.39. The topological polar surface area (TPSA) is 94.6 Å². The highest BCUT2D eigenvalue weighted by Crippen LogP contribution is 2.16. The van der Waals surface area contributed by atoms with Gasteiger partial charge in [0.1, 0.15) is 11.7 Å². The van der Waals surface area contributed by atoms with Gasteiger partial charge in [0.25, 0.3) is 5.91 Å². The Kier molecular flexibility index (Phi) is 7.55. The largest absolute Gasteiger partial charge is 0.390 e. The monoisotopic (exact) mass is 460 g/mol. The number of benzene rings is 2. The molecule has 7 heteroatoms. The predicted octanol–water partition coefficient (Wildman–Crippen LogP) is 2.74. The van der Waals surface area contributed by atoms with Crippen LogP contribution in [0.15, 0.2) is 66.7 Å². The molecule has 1 fully saturated rings. The number of aliphatic hydroxyl groups excluding tert-OH is 1. The van der Waals surface area contributed by atoms with Crippen LogP contribution in [0.4, 0.5) is 0 Å². The highest BCUT2D eigenvalue weighted by molar-refractivity contribution is 5.97. The summed E-state index contributed by atoms with van der Waals surface area (Å²) >= 11 is 0. The van der Waals surface area contributed by atoms with Gasteiger partial charge in [0, 0.05) is 25.0 Å². The summed E-state index contributed by atoms with van der Waals surface area (Å²) in [6.45, 7) is 5.77. The number of pyridine rings is 1. The molecule has 34 heavy (non-hydrogen) atoms. The third kappa shape index (κ3) is 5.98. The Morgan fingerprint density at radius 2 is 1.76 bits per heavy atom. The van der Waals surface area contributed by atoms with Crippen molar-refractivity contribution in [2.45, 2.75) is 45.0 Å². The van der Waals surface area contributed by atoms with Gasteiger partial charge < -0.3 is 15.7 Å². The van der Waals surface area contributed by atoms with Crippen LogP contribution in [-0.4, -0.2) is 58.1 Å². The molecule has 0 radical (unpaired) electrons. The highest BCUT2D eigenvalue weighted by Gasteiger charge is 2.34. The Labute approximate surface area is 200 Å². The summed E-state index contributed by atoms with van der Waals surface area (Å²) in [5, 5.41) is 17.3. The summed E-state index contributed by atoms with van der Waals surface area (Å²) in [4.78, 5) is 32.6. The van der Waals surface area contributed by atoms with Crippen molar-refractivity contribution in [1.82, 2.24) is 20.5 Å². The Bertz CT molecular complexity index is 1130. The van der Waals surface area contributed by atoms with Crippen molar-refractivity contribution in [2.75, 3.05) is 13.1 Å². The number of amides is 2. The fraction of sp³-hybridized carbons (Fsp3) is 0.370. The summed E-state index contributed by atoms with van der Waals surface area (Å²) in [6, 6.07) is 20.1. The number of para-hydroxylation sites is 1. The number of hydrogen-bond donors (Lipinski definition) is 3. The lowest BCUT2D eigenvalue weighted by Gasteiger charge is -2.23. The summed E-state index contributed by atoms with van der Waals surface area (Å²) in [5.74, 6) is -0.471. The minimum atomic E-state index is -0.712. The first-order chi connectivity index (χ1) is 16.4. The average molecular weight is 461 g/mol. The van der Waals surface area contributed by atoms with Gasteiger partial charge in [0.2, 0.25) is 5.91 Å². The number of fused-ring (bicyclic) bond motifs is 1. The molecule has 0 saturated carbocycles. The molecule has 1 saturated heterocycles. The number of aromatic nitrogens is 1.